The first-order valence-electron chi connectivity index (χ1n) is 5.56. The van der Waals surface area contributed by atoms with E-state index in [9.17, 15) is 9.50 Å². The molecule has 0 bridgehead atoms. The fourth-order valence-electron chi connectivity index (χ4n) is 1.91. The van der Waals surface area contributed by atoms with E-state index in [1.165, 1.54) is 12.1 Å². The number of benzene rings is 2. The molecule has 2 heteroatoms. The van der Waals surface area contributed by atoms with Gasteiger partial charge in [0.05, 0.1) is 0 Å². The van der Waals surface area contributed by atoms with Crippen LogP contribution in [0.4, 0.5) is 4.39 Å². The molecule has 0 spiro atoms. The zero-order valence-corrected chi connectivity index (χ0v) is 9.94. The minimum atomic E-state index is -0.227. The maximum Gasteiger partial charge on any atom is 0.123 e. The molecule has 0 aliphatic heterocycles. The highest BCUT2D eigenvalue weighted by atomic mass is 19.1. The van der Waals surface area contributed by atoms with Crippen LogP contribution in [0.15, 0.2) is 48.5 Å². The lowest BCUT2D eigenvalue weighted by Crippen LogP contribution is -2.18. The Bertz CT molecular complexity index is 450. The maximum absolute atomic E-state index is 12.9. The molecule has 1 N–H and O–H groups in total. The number of hydrogen-bond acceptors (Lipinski definition) is 1. The van der Waals surface area contributed by atoms with Gasteiger partial charge in [-0.25, -0.2) is 4.39 Å². The van der Waals surface area contributed by atoms with Crippen LogP contribution in [0.25, 0.3) is 0 Å². The van der Waals surface area contributed by atoms with Gasteiger partial charge >= 0.3 is 0 Å². The van der Waals surface area contributed by atoms with E-state index in [1.54, 1.807) is 24.3 Å². The fraction of sp³-hybridized carbons (Fsp3) is 0.200. The predicted molar refractivity (Wildman–Crippen MR) is 66.6 cm³/mol. The summed E-state index contributed by atoms with van der Waals surface area (Å²) in [4.78, 5) is 0. The molecule has 2 aromatic carbocycles. The topological polar surface area (TPSA) is 20.2 Å². The molecule has 17 heavy (non-hydrogen) atoms. The molecular weight excluding hydrogens is 215 g/mol. The van der Waals surface area contributed by atoms with Crippen LogP contribution >= 0.6 is 0 Å². The molecule has 0 saturated heterocycles. The Labute approximate surface area is 101 Å². The number of phenolic OH excluding ortho intramolecular Hbond substituents is 1. The van der Waals surface area contributed by atoms with Crippen molar-refractivity contribution >= 4 is 0 Å². The first-order chi connectivity index (χ1) is 8.00. The van der Waals surface area contributed by atoms with Gasteiger partial charge in [0.25, 0.3) is 0 Å². The summed E-state index contributed by atoms with van der Waals surface area (Å²) in [7, 11) is 0. The van der Waals surface area contributed by atoms with Crippen molar-refractivity contribution in [2.45, 2.75) is 19.3 Å². The summed E-state index contributed by atoms with van der Waals surface area (Å²) < 4.78 is 12.9. The van der Waals surface area contributed by atoms with E-state index in [2.05, 4.69) is 13.8 Å². The number of phenols is 1. The average molecular weight is 230 g/mol. The summed E-state index contributed by atoms with van der Waals surface area (Å²) in [5, 5.41) is 9.28. The van der Waals surface area contributed by atoms with Crippen LogP contribution < -0.4 is 0 Å². The largest absolute Gasteiger partial charge is 0.508 e. The summed E-state index contributed by atoms with van der Waals surface area (Å²) >= 11 is 0. The Morgan fingerprint density at radius 3 is 1.71 bits per heavy atom. The van der Waals surface area contributed by atoms with Gasteiger partial charge in [0.1, 0.15) is 11.6 Å². The standard InChI is InChI=1S/C15H15FO/c1-15(2,11-3-7-13(16)8-4-11)12-5-9-14(17)10-6-12/h3-10,17H,1-2H3. The molecular formula is C15H15FO. The molecule has 0 aliphatic carbocycles. The molecule has 88 valence electrons. The van der Waals surface area contributed by atoms with Crippen molar-refractivity contribution in [1.82, 2.24) is 0 Å². The van der Waals surface area contributed by atoms with Gasteiger partial charge in [-0.05, 0) is 35.4 Å². The quantitative estimate of drug-likeness (QED) is 0.830. The third-order valence-corrected chi connectivity index (χ3v) is 3.15. The Hall–Kier alpha value is -1.83. The Balaban J connectivity index is 2.41. The molecule has 0 fully saturated rings. The summed E-state index contributed by atoms with van der Waals surface area (Å²) in [5.74, 6) is 0.0268. The monoisotopic (exact) mass is 230 g/mol. The third kappa shape index (κ3) is 2.31. The van der Waals surface area contributed by atoms with Gasteiger partial charge < -0.3 is 5.11 Å². The van der Waals surface area contributed by atoms with Crippen molar-refractivity contribution < 1.29 is 9.50 Å². The molecule has 0 aromatic heterocycles. The molecule has 1 nitrogen and oxygen atoms in total. The van der Waals surface area contributed by atoms with Crippen molar-refractivity contribution in [3.05, 3.63) is 65.5 Å². The minimum absolute atomic E-state index is 0.207. The first-order valence-corrected chi connectivity index (χ1v) is 5.56. The molecule has 0 amide bonds. The summed E-state index contributed by atoms with van der Waals surface area (Å²) in [6, 6.07) is 13.6. The molecule has 0 saturated carbocycles. The zero-order chi connectivity index (χ0) is 12.5. The average Bonchev–Trinajstić information content (AvgIpc) is 2.30. The zero-order valence-electron chi connectivity index (χ0n) is 9.94. The first kappa shape index (κ1) is 11.6. The lowest BCUT2D eigenvalue weighted by molar-refractivity contribution is 0.474. The van der Waals surface area contributed by atoms with E-state index in [0.29, 0.717) is 0 Å². The van der Waals surface area contributed by atoms with Crippen molar-refractivity contribution in [3.63, 3.8) is 0 Å². The van der Waals surface area contributed by atoms with Crippen molar-refractivity contribution in [2.24, 2.45) is 0 Å². The highest BCUT2D eigenvalue weighted by molar-refractivity contribution is 5.39. The van der Waals surface area contributed by atoms with Gasteiger partial charge in [-0.1, -0.05) is 38.1 Å². The normalized spacial score (nSPS) is 11.5. The number of halogens is 1. The molecule has 2 rings (SSSR count). The van der Waals surface area contributed by atoms with Crippen molar-refractivity contribution in [2.75, 3.05) is 0 Å². The van der Waals surface area contributed by atoms with Crippen LogP contribution in [0, 0.1) is 5.82 Å². The van der Waals surface area contributed by atoms with E-state index in [-0.39, 0.29) is 17.0 Å². The highest BCUT2D eigenvalue weighted by Crippen LogP contribution is 2.32. The second-order valence-corrected chi connectivity index (χ2v) is 4.68. The number of aromatic hydroxyl groups is 1. The smallest absolute Gasteiger partial charge is 0.123 e. The van der Waals surface area contributed by atoms with E-state index in [1.807, 2.05) is 12.1 Å². The van der Waals surface area contributed by atoms with Gasteiger partial charge in [0.2, 0.25) is 0 Å². The Morgan fingerprint density at radius 2 is 1.24 bits per heavy atom. The van der Waals surface area contributed by atoms with Crippen LogP contribution in [0.5, 0.6) is 5.75 Å². The van der Waals surface area contributed by atoms with E-state index in [4.69, 9.17) is 0 Å². The van der Waals surface area contributed by atoms with Gasteiger partial charge in [-0.2, -0.15) is 0 Å². The van der Waals surface area contributed by atoms with Gasteiger partial charge in [0.15, 0.2) is 0 Å². The van der Waals surface area contributed by atoms with Crippen LogP contribution in [0.3, 0.4) is 0 Å². The molecule has 0 heterocycles. The SMILES string of the molecule is CC(C)(c1ccc(O)cc1)c1ccc(F)cc1. The predicted octanol–water partition coefficient (Wildman–Crippen LogP) is 3.86. The lowest BCUT2D eigenvalue weighted by atomic mass is 9.78. The molecule has 0 radical (unpaired) electrons. The second kappa shape index (κ2) is 4.21. The maximum atomic E-state index is 12.9. The number of hydrogen-bond donors (Lipinski definition) is 1. The van der Waals surface area contributed by atoms with Crippen LogP contribution in [0.2, 0.25) is 0 Å². The van der Waals surface area contributed by atoms with Crippen LogP contribution in [0.1, 0.15) is 25.0 Å². The Kier molecular flexibility index (Phi) is 2.88. The molecule has 2 aromatic rings. The van der Waals surface area contributed by atoms with Gasteiger partial charge in [-0.15, -0.1) is 0 Å². The second-order valence-electron chi connectivity index (χ2n) is 4.68. The van der Waals surface area contributed by atoms with E-state index >= 15 is 0 Å². The Morgan fingerprint density at radius 1 is 0.824 bits per heavy atom. The molecule has 0 aliphatic rings. The summed E-state index contributed by atoms with van der Waals surface area (Å²) in [6.45, 7) is 4.15. The third-order valence-electron chi connectivity index (χ3n) is 3.15. The van der Waals surface area contributed by atoms with Crippen LogP contribution in [-0.2, 0) is 5.41 Å². The van der Waals surface area contributed by atoms with Crippen molar-refractivity contribution in [3.8, 4) is 5.75 Å². The highest BCUT2D eigenvalue weighted by Gasteiger charge is 2.22. The summed E-state index contributed by atoms with van der Waals surface area (Å²) in [6.07, 6.45) is 0. The van der Waals surface area contributed by atoms with E-state index < -0.39 is 0 Å². The van der Waals surface area contributed by atoms with Crippen molar-refractivity contribution in [1.29, 1.82) is 0 Å². The minimum Gasteiger partial charge on any atom is -0.508 e. The molecule has 0 atom stereocenters. The fourth-order valence-corrected chi connectivity index (χ4v) is 1.91. The lowest BCUT2D eigenvalue weighted by Gasteiger charge is -2.26. The number of rotatable bonds is 2. The molecule has 0 unspecified atom stereocenters. The summed E-state index contributed by atoms with van der Waals surface area (Å²) in [5.41, 5.74) is 1.92. The van der Waals surface area contributed by atoms with Gasteiger partial charge in [0, 0.05) is 5.41 Å². The van der Waals surface area contributed by atoms with E-state index in [0.717, 1.165) is 11.1 Å². The van der Waals surface area contributed by atoms with Gasteiger partial charge in [-0.3, -0.25) is 0 Å². The van der Waals surface area contributed by atoms with Crippen LogP contribution in [-0.4, -0.2) is 5.11 Å².